The minimum absolute atomic E-state index is 0.113. The molecule has 0 spiro atoms. The number of hydrogen-bond donors (Lipinski definition) is 3. The summed E-state index contributed by atoms with van der Waals surface area (Å²) in [5.74, 6) is 1.10. The van der Waals surface area contributed by atoms with Gasteiger partial charge in [-0.2, -0.15) is 0 Å². The molecular weight excluding hydrogens is 417 g/mol. The molecule has 0 saturated carbocycles. The summed E-state index contributed by atoms with van der Waals surface area (Å²) >= 11 is 2.32. The molecule has 0 aliphatic rings. The summed E-state index contributed by atoms with van der Waals surface area (Å²) in [6.07, 6.45) is -0.632. The van der Waals surface area contributed by atoms with E-state index in [1.165, 1.54) is 9.13 Å². The van der Waals surface area contributed by atoms with Gasteiger partial charge in [-0.15, -0.1) is 0 Å². The third-order valence-electron chi connectivity index (χ3n) is 3.99. The molecule has 3 N–H and O–H groups in total. The summed E-state index contributed by atoms with van der Waals surface area (Å²) in [6, 6.07) is 10.7. The molecule has 5 heteroatoms. The Labute approximate surface area is 157 Å². The lowest BCUT2D eigenvalue weighted by Crippen LogP contribution is -2.35. The van der Waals surface area contributed by atoms with Gasteiger partial charge in [0, 0.05) is 16.2 Å². The Balaban J connectivity index is 1.81. The molecule has 2 atom stereocenters. The zero-order valence-electron chi connectivity index (χ0n) is 14.2. The molecule has 0 aromatic heterocycles. The number of phenols is 1. The van der Waals surface area contributed by atoms with Crippen LogP contribution in [0.1, 0.15) is 29.7 Å². The molecule has 130 valence electrons. The Morgan fingerprint density at radius 1 is 1.12 bits per heavy atom. The Morgan fingerprint density at radius 3 is 2.46 bits per heavy atom. The second-order valence-corrected chi connectivity index (χ2v) is 7.16. The first-order valence-electron chi connectivity index (χ1n) is 7.98. The number of aliphatic hydroxyl groups is 1. The lowest BCUT2D eigenvalue weighted by atomic mass is 10.0. The highest BCUT2D eigenvalue weighted by Crippen LogP contribution is 2.24. The summed E-state index contributed by atoms with van der Waals surface area (Å²) in [7, 11) is 0. The van der Waals surface area contributed by atoms with Crippen LogP contribution in [0.3, 0.4) is 0 Å². The quantitative estimate of drug-likeness (QED) is 0.453. The highest BCUT2D eigenvalue weighted by molar-refractivity contribution is 14.1. The van der Waals surface area contributed by atoms with Gasteiger partial charge in [0.2, 0.25) is 0 Å². The number of nitrogens with one attached hydrogen (secondary N) is 1. The van der Waals surface area contributed by atoms with E-state index in [4.69, 9.17) is 4.74 Å². The molecule has 2 aromatic rings. The van der Waals surface area contributed by atoms with Crippen LogP contribution < -0.4 is 10.1 Å². The van der Waals surface area contributed by atoms with E-state index in [2.05, 4.69) is 47.0 Å². The van der Waals surface area contributed by atoms with Gasteiger partial charge < -0.3 is 20.3 Å². The van der Waals surface area contributed by atoms with Crippen LogP contribution in [0.15, 0.2) is 36.4 Å². The fourth-order valence-electron chi connectivity index (χ4n) is 2.43. The summed E-state index contributed by atoms with van der Waals surface area (Å²) in [6.45, 7) is 7.22. The zero-order chi connectivity index (χ0) is 17.7. The van der Waals surface area contributed by atoms with Crippen LogP contribution in [-0.2, 0) is 0 Å². The monoisotopic (exact) mass is 441 g/mol. The van der Waals surface area contributed by atoms with Crippen molar-refractivity contribution in [1.29, 1.82) is 0 Å². The molecule has 0 aliphatic carbocycles. The van der Waals surface area contributed by atoms with Crippen LogP contribution in [0.25, 0.3) is 0 Å². The number of hydrogen-bond acceptors (Lipinski definition) is 4. The van der Waals surface area contributed by atoms with Crippen LogP contribution in [0, 0.1) is 17.4 Å². The second kappa shape index (κ2) is 8.69. The predicted octanol–water partition coefficient (Wildman–Crippen LogP) is 3.70. The topological polar surface area (TPSA) is 61.7 Å². The fraction of sp³-hybridized carbons (Fsp3) is 0.368. The molecule has 0 unspecified atom stereocenters. The van der Waals surface area contributed by atoms with E-state index in [0.717, 1.165) is 16.9 Å². The van der Waals surface area contributed by atoms with Crippen LogP contribution in [0.5, 0.6) is 11.5 Å². The van der Waals surface area contributed by atoms with E-state index in [9.17, 15) is 10.2 Å². The summed E-state index contributed by atoms with van der Waals surface area (Å²) in [4.78, 5) is 0. The van der Waals surface area contributed by atoms with Crippen molar-refractivity contribution >= 4 is 22.6 Å². The van der Waals surface area contributed by atoms with Gasteiger partial charge in [-0.3, -0.25) is 0 Å². The maximum Gasteiger partial charge on any atom is 0.122 e. The Kier molecular flexibility index (Phi) is 6.89. The molecule has 0 fully saturated rings. The highest BCUT2D eigenvalue weighted by atomic mass is 127. The molecule has 0 amide bonds. The van der Waals surface area contributed by atoms with E-state index in [0.29, 0.717) is 13.2 Å². The van der Waals surface area contributed by atoms with E-state index in [1.807, 2.05) is 13.8 Å². The predicted molar refractivity (Wildman–Crippen MR) is 105 cm³/mol. The van der Waals surface area contributed by atoms with E-state index < -0.39 is 6.10 Å². The number of benzene rings is 2. The van der Waals surface area contributed by atoms with E-state index in [1.54, 1.807) is 24.3 Å². The minimum Gasteiger partial charge on any atom is -0.508 e. The first kappa shape index (κ1) is 19.0. The van der Waals surface area contributed by atoms with Gasteiger partial charge >= 0.3 is 0 Å². The average Bonchev–Trinajstić information content (AvgIpc) is 2.55. The van der Waals surface area contributed by atoms with Crippen LogP contribution in [-0.4, -0.2) is 29.4 Å². The number of aliphatic hydroxyl groups excluding tert-OH is 1. The van der Waals surface area contributed by atoms with Crippen LogP contribution >= 0.6 is 22.6 Å². The summed E-state index contributed by atoms with van der Waals surface area (Å²) in [5, 5.41) is 22.9. The molecule has 24 heavy (non-hydrogen) atoms. The van der Waals surface area contributed by atoms with E-state index in [-0.39, 0.29) is 11.8 Å². The lowest BCUT2D eigenvalue weighted by molar-refractivity contribution is 0.133. The average molecular weight is 441 g/mol. The summed E-state index contributed by atoms with van der Waals surface area (Å²) in [5.41, 5.74) is 3.11. The van der Waals surface area contributed by atoms with Gasteiger partial charge in [0.05, 0.1) is 6.10 Å². The fourth-order valence-corrected chi connectivity index (χ4v) is 3.05. The zero-order valence-corrected chi connectivity index (χ0v) is 16.4. The Hall–Kier alpha value is -1.31. The van der Waals surface area contributed by atoms with Crippen molar-refractivity contribution in [3.63, 3.8) is 0 Å². The number of rotatable bonds is 7. The third-order valence-corrected chi connectivity index (χ3v) is 5.15. The van der Waals surface area contributed by atoms with Crippen molar-refractivity contribution in [1.82, 2.24) is 5.32 Å². The van der Waals surface area contributed by atoms with Gasteiger partial charge in [-0.25, -0.2) is 0 Å². The van der Waals surface area contributed by atoms with Gasteiger partial charge in [0.25, 0.3) is 0 Å². The lowest BCUT2D eigenvalue weighted by Gasteiger charge is -2.21. The van der Waals surface area contributed by atoms with Gasteiger partial charge in [0.1, 0.15) is 18.1 Å². The SMILES string of the molecule is Cc1cc(OCCN[C@@H](C)[C@H](O)c2ccc(O)cc2)c(C)cc1I. The number of ether oxygens (including phenoxy) is 1. The van der Waals surface area contributed by atoms with Gasteiger partial charge in [-0.05, 0) is 84.3 Å². The first-order valence-corrected chi connectivity index (χ1v) is 9.06. The Bertz CT molecular complexity index is 673. The van der Waals surface area contributed by atoms with Crippen molar-refractivity contribution in [3.05, 3.63) is 56.7 Å². The van der Waals surface area contributed by atoms with Crippen LogP contribution in [0.4, 0.5) is 0 Å². The van der Waals surface area contributed by atoms with Crippen molar-refractivity contribution in [2.24, 2.45) is 0 Å². The molecule has 0 radical (unpaired) electrons. The third kappa shape index (κ3) is 5.09. The Morgan fingerprint density at radius 2 is 1.79 bits per heavy atom. The maximum absolute atomic E-state index is 10.3. The highest BCUT2D eigenvalue weighted by Gasteiger charge is 2.15. The normalized spacial score (nSPS) is 13.5. The molecular formula is C19H24INO3. The molecule has 4 nitrogen and oxygen atoms in total. The van der Waals surface area contributed by atoms with Crippen molar-refractivity contribution in [2.75, 3.05) is 13.2 Å². The van der Waals surface area contributed by atoms with Crippen molar-refractivity contribution in [3.8, 4) is 11.5 Å². The standard InChI is InChI=1S/C19H24INO3/c1-12-11-18(13(2)10-17(12)20)24-9-8-21-14(3)19(23)15-4-6-16(22)7-5-15/h4-7,10-11,14,19,21-23H,8-9H2,1-3H3/t14-,19-/m0/s1. The maximum atomic E-state index is 10.3. The van der Waals surface area contributed by atoms with Gasteiger partial charge in [0.15, 0.2) is 0 Å². The molecule has 0 saturated heterocycles. The van der Waals surface area contributed by atoms with E-state index >= 15 is 0 Å². The number of aromatic hydroxyl groups is 1. The molecule has 0 aliphatic heterocycles. The first-order chi connectivity index (χ1) is 11.4. The van der Waals surface area contributed by atoms with Crippen molar-refractivity contribution < 1.29 is 14.9 Å². The largest absolute Gasteiger partial charge is 0.508 e. The molecule has 0 heterocycles. The molecule has 0 bridgehead atoms. The minimum atomic E-state index is -0.632. The number of halogens is 1. The second-order valence-electron chi connectivity index (χ2n) is 5.99. The van der Waals surface area contributed by atoms with Crippen molar-refractivity contribution in [2.45, 2.75) is 32.9 Å². The molecule has 2 aromatic carbocycles. The van der Waals surface area contributed by atoms with Crippen LogP contribution in [0.2, 0.25) is 0 Å². The van der Waals surface area contributed by atoms with Gasteiger partial charge in [-0.1, -0.05) is 12.1 Å². The molecule has 2 rings (SSSR count). The smallest absolute Gasteiger partial charge is 0.122 e. The number of phenolic OH excluding ortho intramolecular Hbond substituents is 1. The summed E-state index contributed by atoms with van der Waals surface area (Å²) < 4.78 is 7.08. The number of aryl methyl sites for hydroxylation is 2.